The van der Waals surface area contributed by atoms with Gasteiger partial charge in [-0.1, -0.05) is 129 Å². The standard InChI is InChI=1S/C51H41N3/c1-51(2)46-22-11-12-23-49(46)54(44-27-24-37-15-9-10-16-38(37)33-44)50-29-26-40(35-47(50)51)39-25-28-48(52)45(34-39)41-17-13-14-36(32-41)30-31-53(42-18-5-3-6-19-42)43-20-7-4-8-21-43/h3-35H,52H2,1-2H3/b31-30+. The third kappa shape index (κ3) is 6.00. The van der Waals surface area contributed by atoms with Crippen molar-refractivity contribution in [3.05, 3.63) is 211 Å². The van der Waals surface area contributed by atoms with E-state index in [0.29, 0.717) is 0 Å². The summed E-state index contributed by atoms with van der Waals surface area (Å²) in [6, 6.07) is 67.0. The van der Waals surface area contributed by atoms with E-state index < -0.39 is 0 Å². The van der Waals surface area contributed by atoms with Crippen LogP contribution in [0.4, 0.5) is 34.1 Å². The highest BCUT2D eigenvalue weighted by Crippen LogP contribution is 2.53. The molecule has 1 aliphatic rings. The Labute approximate surface area is 317 Å². The third-order valence-electron chi connectivity index (χ3n) is 10.8. The predicted molar refractivity (Wildman–Crippen MR) is 230 cm³/mol. The first-order valence-electron chi connectivity index (χ1n) is 18.5. The second kappa shape index (κ2) is 13.6. The van der Waals surface area contributed by atoms with Crippen LogP contribution in [0.5, 0.6) is 0 Å². The highest BCUT2D eigenvalue weighted by molar-refractivity contribution is 5.93. The van der Waals surface area contributed by atoms with Crippen LogP contribution in [0.25, 0.3) is 39.1 Å². The number of fused-ring (bicyclic) bond motifs is 3. The van der Waals surface area contributed by atoms with Crippen LogP contribution in [0.15, 0.2) is 194 Å². The fourth-order valence-electron chi connectivity index (χ4n) is 7.93. The zero-order valence-electron chi connectivity index (χ0n) is 30.5. The number of nitrogens with zero attached hydrogens (tertiary/aromatic N) is 2. The van der Waals surface area contributed by atoms with Crippen molar-refractivity contribution in [1.82, 2.24) is 0 Å². The number of hydrogen-bond donors (Lipinski definition) is 1. The van der Waals surface area contributed by atoms with E-state index in [1.165, 1.54) is 38.8 Å². The van der Waals surface area contributed by atoms with Gasteiger partial charge in [0.25, 0.3) is 0 Å². The number of anilines is 6. The van der Waals surface area contributed by atoms with Gasteiger partial charge in [-0.3, -0.25) is 0 Å². The molecule has 0 unspecified atom stereocenters. The van der Waals surface area contributed by atoms with E-state index in [-0.39, 0.29) is 5.41 Å². The van der Waals surface area contributed by atoms with Gasteiger partial charge in [-0.2, -0.15) is 0 Å². The topological polar surface area (TPSA) is 32.5 Å². The van der Waals surface area contributed by atoms with Crippen molar-refractivity contribution in [3.8, 4) is 22.3 Å². The van der Waals surface area contributed by atoms with Gasteiger partial charge in [-0.05, 0) is 123 Å². The van der Waals surface area contributed by atoms with Crippen molar-refractivity contribution in [2.45, 2.75) is 19.3 Å². The van der Waals surface area contributed by atoms with Crippen LogP contribution in [0.3, 0.4) is 0 Å². The summed E-state index contributed by atoms with van der Waals surface area (Å²) in [4.78, 5) is 4.63. The summed E-state index contributed by atoms with van der Waals surface area (Å²) < 4.78 is 0. The lowest BCUT2D eigenvalue weighted by Gasteiger charge is -2.42. The van der Waals surface area contributed by atoms with E-state index in [1.807, 2.05) is 18.2 Å². The van der Waals surface area contributed by atoms with Crippen LogP contribution in [0.2, 0.25) is 0 Å². The fourth-order valence-corrected chi connectivity index (χ4v) is 7.93. The minimum atomic E-state index is -0.208. The van der Waals surface area contributed by atoms with Crippen LogP contribution >= 0.6 is 0 Å². The Morgan fingerprint density at radius 2 is 1.15 bits per heavy atom. The second-order valence-corrected chi connectivity index (χ2v) is 14.5. The molecular weight excluding hydrogens is 655 g/mol. The Bertz CT molecular complexity index is 2620. The van der Waals surface area contributed by atoms with E-state index in [9.17, 15) is 0 Å². The summed E-state index contributed by atoms with van der Waals surface area (Å²) >= 11 is 0. The highest BCUT2D eigenvalue weighted by atomic mass is 15.2. The molecule has 3 nitrogen and oxygen atoms in total. The van der Waals surface area contributed by atoms with Crippen molar-refractivity contribution in [1.29, 1.82) is 0 Å². The summed E-state index contributed by atoms with van der Waals surface area (Å²) in [5.74, 6) is 0. The zero-order chi connectivity index (χ0) is 36.6. The molecular formula is C51H41N3. The lowest BCUT2D eigenvalue weighted by Crippen LogP contribution is -2.30. The molecule has 2 N–H and O–H groups in total. The second-order valence-electron chi connectivity index (χ2n) is 14.5. The number of nitrogens with two attached hydrogens (primary N) is 1. The number of benzene rings is 8. The molecule has 9 rings (SSSR count). The van der Waals surface area contributed by atoms with Gasteiger partial charge in [0.1, 0.15) is 0 Å². The summed E-state index contributed by atoms with van der Waals surface area (Å²) in [6.45, 7) is 4.69. The first-order chi connectivity index (χ1) is 26.4. The van der Waals surface area contributed by atoms with E-state index in [1.54, 1.807) is 0 Å². The van der Waals surface area contributed by atoms with Crippen LogP contribution in [0.1, 0.15) is 30.5 Å². The highest BCUT2D eigenvalue weighted by Gasteiger charge is 2.37. The Kier molecular flexibility index (Phi) is 8.33. The molecule has 0 saturated carbocycles. The monoisotopic (exact) mass is 695 g/mol. The number of hydrogen-bond acceptors (Lipinski definition) is 3. The molecule has 0 radical (unpaired) electrons. The maximum atomic E-state index is 6.72. The number of nitrogen functional groups attached to an aromatic ring is 1. The molecule has 1 aliphatic heterocycles. The van der Waals surface area contributed by atoms with Gasteiger partial charge < -0.3 is 15.5 Å². The van der Waals surface area contributed by atoms with Gasteiger partial charge in [-0.15, -0.1) is 0 Å². The molecule has 0 aliphatic carbocycles. The first-order valence-corrected chi connectivity index (χ1v) is 18.5. The third-order valence-corrected chi connectivity index (χ3v) is 10.8. The summed E-state index contributed by atoms with van der Waals surface area (Å²) in [5.41, 5.74) is 21.1. The minimum absolute atomic E-state index is 0.208. The fraction of sp³-hybridized carbons (Fsp3) is 0.0588. The average Bonchev–Trinajstić information content (AvgIpc) is 3.22. The van der Waals surface area contributed by atoms with Gasteiger partial charge in [0, 0.05) is 39.9 Å². The van der Waals surface area contributed by atoms with Gasteiger partial charge in [-0.25, -0.2) is 0 Å². The molecule has 3 heteroatoms. The maximum Gasteiger partial charge on any atom is 0.0503 e. The Morgan fingerprint density at radius 3 is 1.93 bits per heavy atom. The van der Waals surface area contributed by atoms with E-state index in [0.717, 1.165) is 45.0 Å². The lowest BCUT2D eigenvalue weighted by atomic mass is 9.73. The molecule has 0 fully saturated rings. The van der Waals surface area contributed by atoms with Crippen molar-refractivity contribution < 1.29 is 0 Å². The molecule has 8 aromatic carbocycles. The van der Waals surface area contributed by atoms with Crippen LogP contribution in [-0.4, -0.2) is 0 Å². The molecule has 0 aromatic heterocycles. The first kappa shape index (κ1) is 33.0. The summed E-state index contributed by atoms with van der Waals surface area (Å²) in [7, 11) is 0. The molecule has 8 aromatic rings. The largest absolute Gasteiger partial charge is 0.398 e. The minimum Gasteiger partial charge on any atom is -0.398 e. The molecule has 0 atom stereocenters. The average molecular weight is 696 g/mol. The summed E-state index contributed by atoms with van der Waals surface area (Å²) in [5, 5.41) is 2.47. The zero-order valence-corrected chi connectivity index (χ0v) is 30.5. The van der Waals surface area contributed by atoms with E-state index in [2.05, 4.69) is 206 Å². The Balaban J connectivity index is 1.09. The van der Waals surface area contributed by atoms with Crippen LogP contribution in [-0.2, 0) is 5.41 Å². The van der Waals surface area contributed by atoms with Gasteiger partial charge in [0.15, 0.2) is 0 Å². The van der Waals surface area contributed by atoms with Gasteiger partial charge >= 0.3 is 0 Å². The maximum absolute atomic E-state index is 6.72. The quantitative estimate of drug-likeness (QED) is 0.168. The molecule has 0 bridgehead atoms. The van der Waals surface area contributed by atoms with E-state index in [4.69, 9.17) is 5.73 Å². The summed E-state index contributed by atoms with van der Waals surface area (Å²) in [6.07, 6.45) is 4.30. The predicted octanol–water partition coefficient (Wildman–Crippen LogP) is 13.7. The SMILES string of the molecule is CC1(C)c2ccccc2N(c2ccc3ccccc3c2)c2ccc(-c3ccc(N)c(-c4cccc(/C=C/N(c5ccccc5)c5ccccc5)c4)c3)cc21. The molecule has 54 heavy (non-hydrogen) atoms. The van der Waals surface area contributed by atoms with Crippen molar-refractivity contribution in [2.24, 2.45) is 0 Å². The van der Waals surface area contributed by atoms with E-state index >= 15 is 0 Å². The van der Waals surface area contributed by atoms with Crippen molar-refractivity contribution in [2.75, 3.05) is 15.5 Å². The lowest BCUT2D eigenvalue weighted by molar-refractivity contribution is 0.632. The van der Waals surface area contributed by atoms with Gasteiger partial charge in [0.2, 0.25) is 0 Å². The Hall–Kier alpha value is -6.84. The van der Waals surface area contributed by atoms with Crippen LogP contribution < -0.4 is 15.5 Å². The Morgan fingerprint density at radius 1 is 0.500 bits per heavy atom. The normalized spacial score (nSPS) is 13.1. The van der Waals surface area contributed by atoms with Crippen molar-refractivity contribution in [3.63, 3.8) is 0 Å². The molecule has 0 spiro atoms. The number of para-hydroxylation sites is 3. The van der Waals surface area contributed by atoms with Gasteiger partial charge in [0.05, 0.1) is 11.4 Å². The molecule has 0 saturated heterocycles. The molecule has 1 heterocycles. The van der Waals surface area contributed by atoms with Crippen LogP contribution in [0, 0.1) is 0 Å². The molecule has 260 valence electrons. The number of rotatable bonds is 7. The molecule has 0 amide bonds. The smallest absolute Gasteiger partial charge is 0.0503 e. The van der Waals surface area contributed by atoms with Crippen molar-refractivity contribution >= 4 is 51.0 Å².